The highest BCUT2D eigenvalue weighted by molar-refractivity contribution is 9.10. The molecule has 1 aromatic carbocycles. The van der Waals surface area contributed by atoms with Crippen LogP contribution in [0.5, 0.6) is 0 Å². The van der Waals surface area contributed by atoms with Gasteiger partial charge in [-0.1, -0.05) is 16.8 Å². The van der Waals surface area contributed by atoms with Crippen molar-refractivity contribution < 1.29 is 5.11 Å². The lowest BCUT2D eigenvalue weighted by Gasteiger charge is -2.01. The van der Waals surface area contributed by atoms with Gasteiger partial charge in [0.15, 0.2) is 0 Å². The third-order valence-corrected chi connectivity index (χ3v) is 3.10. The van der Waals surface area contributed by atoms with Crippen LogP contribution in [0.2, 0.25) is 5.02 Å². The normalized spacial score (nSPS) is 10.6. The van der Waals surface area contributed by atoms with Crippen LogP contribution in [-0.4, -0.2) is 20.1 Å². The second-order valence-electron chi connectivity index (χ2n) is 2.91. The zero-order valence-corrected chi connectivity index (χ0v) is 9.90. The number of nitrogens with zero attached hydrogens (tertiary/aromatic N) is 3. The molecule has 0 unspecified atom stereocenters. The maximum atomic E-state index is 8.85. The van der Waals surface area contributed by atoms with Crippen molar-refractivity contribution in [1.82, 2.24) is 15.0 Å². The molecule has 0 aliphatic rings. The van der Waals surface area contributed by atoms with Gasteiger partial charge in [0.05, 0.1) is 23.5 Å². The Morgan fingerprint density at radius 3 is 2.87 bits per heavy atom. The maximum Gasteiger partial charge on any atom is 0.109 e. The Morgan fingerprint density at radius 1 is 1.47 bits per heavy atom. The number of rotatable bonds is 2. The van der Waals surface area contributed by atoms with Gasteiger partial charge < -0.3 is 5.11 Å². The molecule has 0 spiro atoms. The fourth-order valence-corrected chi connectivity index (χ4v) is 1.55. The number of aromatic nitrogens is 3. The van der Waals surface area contributed by atoms with E-state index in [4.69, 9.17) is 16.7 Å². The largest absolute Gasteiger partial charge is 0.390 e. The van der Waals surface area contributed by atoms with Gasteiger partial charge in [-0.15, -0.1) is 5.10 Å². The monoisotopic (exact) mass is 287 g/mol. The van der Waals surface area contributed by atoms with Crippen molar-refractivity contribution >= 4 is 27.5 Å². The van der Waals surface area contributed by atoms with E-state index in [2.05, 4.69) is 26.2 Å². The zero-order chi connectivity index (χ0) is 10.8. The molecule has 0 atom stereocenters. The predicted molar refractivity (Wildman–Crippen MR) is 60.0 cm³/mol. The molecule has 2 aromatic rings. The number of benzene rings is 1. The van der Waals surface area contributed by atoms with Crippen LogP contribution in [0.4, 0.5) is 0 Å². The first-order valence-corrected chi connectivity index (χ1v) is 5.35. The van der Waals surface area contributed by atoms with Crippen molar-refractivity contribution in [1.29, 1.82) is 0 Å². The van der Waals surface area contributed by atoms with Crippen molar-refractivity contribution in [2.24, 2.45) is 0 Å². The summed E-state index contributed by atoms with van der Waals surface area (Å²) in [5.74, 6) is 0. The standard InChI is InChI=1S/C9H7BrClN3O/c10-8-2-1-7(3-9(8)11)14-4-6(5-15)12-13-14/h1-4,15H,5H2. The van der Waals surface area contributed by atoms with Gasteiger partial charge in [-0.25, -0.2) is 4.68 Å². The first-order chi connectivity index (χ1) is 7.20. The van der Waals surface area contributed by atoms with E-state index in [1.54, 1.807) is 16.9 Å². The van der Waals surface area contributed by atoms with E-state index in [1.807, 2.05) is 12.1 Å². The van der Waals surface area contributed by atoms with Crippen molar-refractivity contribution in [3.8, 4) is 5.69 Å². The summed E-state index contributed by atoms with van der Waals surface area (Å²) in [5, 5.41) is 17.1. The third kappa shape index (κ3) is 2.19. The minimum atomic E-state index is -0.121. The van der Waals surface area contributed by atoms with Gasteiger partial charge in [-0.3, -0.25) is 0 Å². The summed E-state index contributed by atoms with van der Waals surface area (Å²) in [5.41, 5.74) is 1.32. The Balaban J connectivity index is 2.40. The molecule has 78 valence electrons. The molecule has 15 heavy (non-hydrogen) atoms. The van der Waals surface area contributed by atoms with Crippen molar-refractivity contribution in [3.05, 3.63) is 39.6 Å². The van der Waals surface area contributed by atoms with E-state index in [9.17, 15) is 0 Å². The smallest absolute Gasteiger partial charge is 0.109 e. The number of hydrogen-bond acceptors (Lipinski definition) is 3. The van der Waals surface area contributed by atoms with E-state index >= 15 is 0 Å². The number of aliphatic hydroxyl groups excluding tert-OH is 1. The van der Waals surface area contributed by atoms with Crippen LogP contribution in [0.25, 0.3) is 5.69 Å². The Morgan fingerprint density at radius 2 is 2.27 bits per heavy atom. The van der Waals surface area contributed by atoms with Gasteiger partial charge in [0.2, 0.25) is 0 Å². The third-order valence-electron chi connectivity index (χ3n) is 1.87. The number of aliphatic hydroxyl groups is 1. The van der Waals surface area contributed by atoms with Crippen LogP contribution in [0.1, 0.15) is 5.69 Å². The van der Waals surface area contributed by atoms with Gasteiger partial charge in [0.1, 0.15) is 5.69 Å². The molecule has 0 aliphatic heterocycles. The van der Waals surface area contributed by atoms with Gasteiger partial charge >= 0.3 is 0 Å². The summed E-state index contributed by atoms with van der Waals surface area (Å²) in [4.78, 5) is 0. The van der Waals surface area contributed by atoms with E-state index in [0.29, 0.717) is 10.7 Å². The minimum Gasteiger partial charge on any atom is -0.390 e. The molecular formula is C9H7BrClN3O. The second-order valence-corrected chi connectivity index (χ2v) is 4.17. The Labute approximate surface area is 99.6 Å². The molecule has 0 bridgehead atoms. The van der Waals surface area contributed by atoms with Crippen LogP contribution in [0, 0.1) is 0 Å². The molecule has 1 aromatic heterocycles. The topological polar surface area (TPSA) is 50.9 Å². The summed E-state index contributed by atoms with van der Waals surface area (Å²) in [7, 11) is 0. The number of halogens is 2. The highest BCUT2D eigenvalue weighted by Crippen LogP contribution is 2.24. The fraction of sp³-hybridized carbons (Fsp3) is 0.111. The molecule has 0 radical (unpaired) electrons. The van der Waals surface area contributed by atoms with Gasteiger partial charge in [0, 0.05) is 4.47 Å². The molecule has 0 saturated heterocycles. The van der Waals surface area contributed by atoms with Crippen LogP contribution < -0.4 is 0 Å². The second kappa shape index (κ2) is 4.30. The Bertz CT molecular complexity index is 486. The first kappa shape index (κ1) is 10.6. The first-order valence-electron chi connectivity index (χ1n) is 4.18. The zero-order valence-electron chi connectivity index (χ0n) is 7.56. The van der Waals surface area contributed by atoms with E-state index in [1.165, 1.54) is 0 Å². The highest BCUT2D eigenvalue weighted by Gasteiger charge is 2.04. The van der Waals surface area contributed by atoms with Gasteiger partial charge in [-0.2, -0.15) is 0 Å². The summed E-state index contributed by atoms with van der Waals surface area (Å²) in [6, 6.07) is 5.45. The summed E-state index contributed by atoms with van der Waals surface area (Å²) in [6.07, 6.45) is 1.65. The van der Waals surface area contributed by atoms with Crippen molar-refractivity contribution in [2.75, 3.05) is 0 Å². The highest BCUT2D eigenvalue weighted by atomic mass is 79.9. The molecule has 2 rings (SSSR count). The molecule has 6 heteroatoms. The van der Waals surface area contributed by atoms with Gasteiger partial charge in [0.25, 0.3) is 0 Å². The average molecular weight is 289 g/mol. The Hall–Kier alpha value is -0.910. The van der Waals surface area contributed by atoms with E-state index < -0.39 is 0 Å². The van der Waals surface area contributed by atoms with Crippen LogP contribution >= 0.6 is 27.5 Å². The predicted octanol–water partition coefficient (Wildman–Crippen LogP) is 2.18. The van der Waals surface area contributed by atoms with Crippen LogP contribution in [0.15, 0.2) is 28.9 Å². The quantitative estimate of drug-likeness (QED) is 0.921. The summed E-state index contributed by atoms with van der Waals surface area (Å²) < 4.78 is 2.39. The van der Waals surface area contributed by atoms with Gasteiger partial charge in [-0.05, 0) is 34.1 Å². The fourth-order valence-electron chi connectivity index (χ4n) is 1.12. The molecule has 1 N–H and O–H groups in total. The Kier molecular flexibility index (Phi) is 3.04. The molecule has 0 saturated carbocycles. The molecule has 0 amide bonds. The SMILES string of the molecule is OCc1cn(-c2ccc(Br)c(Cl)c2)nn1. The lowest BCUT2D eigenvalue weighted by molar-refractivity contribution is 0.276. The number of hydrogen-bond donors (Lipinski definition) is 1. The molecule has 0 fully saturated rings. The maximum absolute atomic E-state index is 8.85. The molecule has 0 aliphatic carbocycles. The minimum absolute atomic E-state index is 0.121. The van der Waals surface area contributed by atoms with Crippen LogP contribution in [0.3, 0.4) is 0 Å². The molecule has 4 nitrogen and oxygen atoms in total. The van der Waals surface area contributed by atoms with E-state index in [0.717, 1.165) is 10.2 Å². The average Bonchev–Trinajstić information content (AvgIpc) is 2.70. The summed E-state index contributed by atoms with van der Waals surface area (Å²) in [6.45, 7) is -0.121. The lowest BCUT2D eigenvalue weighted by atomic mass is 10.3. The molecule has 1 heterocycles. The summed E-state index contributed by atoms with van der Waals surface area (Å²) >= 11 is 9.25. The molecular weight excluding hydrogens is 281 g/mol. The lowest BCUT2D eigenvalue weighted by Crippen LogP contribution is -1.94. The van der Waals surface area contributed by atoms with Crippen molar-refractivity contribution in [2.45, 2.75) is 6.61 Å². The van der Waals surface area contributed by atoms with Crippen molar-refractivity contribution in [3.63, 3.8) is 0 Å². The van der Waals surface area contributed by atoms with E-state index in [-0.39, 0.29) is 6.61 Å². The van der Waals surface area contributed by atoms with Crippen LogP contribution in [-0.2, 0) is 6.61 Å².